The maximum Gasteiger partial charge on any atom is 0.184 e. The zero-order valence-electron chi connectivity index (χ0n) is 9.17. The fourth-order valence-electron chi connectivity index (χ4n) is 1.48. The van der Waals surface area contributed by atoms with Gasteiger partial charge in [-0.1, -0.05) is 29.1 Å². The zero-order chi connectivity index (χ0) is 11.9. The van der Waals surface area contributed by atoms with Crippen molar-refractivity contribution in [3.63, 3.8) is 0 Å². The quantitative estimate of drug-likeness (QED) is 0.338. The van der Waals surface area contributed by atoms with Crippen molar-refractivity contribution >= 4 is 0 Å². The SMILES string of the molecule is [N-]=[N+]=NCC#Cc1ccc(C2OCCO2)cc1. The minimum atomic E-state index is -0.250. The summed E-state index contributed by atoms with van der Waals surface area (Å²) in [4.78, 5) is 2.62. The van der Waals surface area contributed by atoms with Gasteiger partial charge in [0.1, 0.15) is 0 Å². The third kappa shape index (κ3) is 3.23. The molecule has 1 aliphatic heterocycles. The van der Waals surface area contributed by atoms with Crippen LogP contribution in [0.5, 0.6) is 0 Å². The molecule has 1 fully saturated rings. The van der Waals surface area contributed by atoms with Crippen LogP contribution in [0.25, 0.3) is 10.4 Å². The first kappa shape index (κ1) is 11.5. The number of nitrogens with zero attached hydrogens (tertiary/aromatic N) is 3. The largest absolute Gasteiger partial charge is 0.346 e. The predicted molar refractivity (Wildman–Crippen MR) is 62.0 cm³/mol. The zero-order valence-corrected chi connectivity index (χ0v) is 9.17. The monoisotopic (exact) mass is 229 g/mol. The van der Waals surface area contributed by atoms with Gasteiger partial charge in [0.15, 0.2) is 6.29 Å². The van der Waals surface area contributed by atoms with Gasteiger partial charge in [0.25, 0.3) is 0 Å². The third-order valence-corrected chi connectivity index (χ3v) is 2.25. The van der Waals surface area contributed by atoms with Crippen molar-refractivity contribution in [3.8, 4) is 11.8 Å². The van der Waals surface area contributed by atoms with Crippen LogP contribution in [0, 0.1) is 11.8 Å². The van der Waals surface area contributed by atoms with Gasteiger partial charge >= 0.3 is 0 Å². The number of benzene rings is 1. The molecule has 5 heteroatoms. The Morgan fingerprint density at radius 1 is 1.29 bits per heavy atom. The predicted octanol–water partition coefficient (Wildman–Crippen LogP) is 2.39. The van der Waals surface area contributed by atoms with E-state index in [1.807, 2.05) is 24.3 Å². The molecule has 0 unspecified atom stereocenters. The molecular formula is C12H11N3O2. The van der Waals surface area contributed by atoms with E-state index >= 15 is 0 Å². The number of ether oxygens (including phenoxy) is 2. The maximum absolute atomic E-state index is 8.08. The Morgan fingerprint density at radius 3 is 2.65 bits per heavy atom. The van der Waals surface area contributed by atoms with E-state index in [9.17, 15) is 0 Å². The van der Waals surface area contributed by atoms with E-state index < -0.39 is 0 Å². The molecule has 0 amide bonds. The average molecular weight is 229 g/mol. The van der Waals surface area contributed by atoms with E-state index in [0.29, 0.717) is 13.2 Å². The highest BCUT2D eigenvalue weighted by Gasteiger charge is 2.17. The molecule has 0 bridgehead atoms. The molecule has 0 aromatic heterocycles. The molecule has 1 aromatic carbocycles. The van der Waals surface area contributed by atoms with Gasteiger partial charge in [-0.3, -0.25) is 0 Å². The first-order valence-corrected chi connectivity index (χ1v) is 5.23. The van der Waals surface area contributed by atoms with Crippen molar-refractivity contribution in [2.45, 2.75) is 6.29 Å². The summed E-state index contributed by atoms with van der Waals surface area (Å²) in [7, 11) is 0. The van der Waals surface area contributed by atoms with Crippen LogP contribution >= 0.6 is 0 Å². The smallest absolute Gasteiger partial charge is 0.184 e. The van der Waals surface area contributed by atoms with Crippen LogP contribution in [-0.2, 0) is 9.47 Å². The topological polar surface area (TPSA) is 67.2 Å². The van der Waals surface area contributed by atoms with Crippen molar-refractivity contribution in [1.82, 2.24) is 0 Å². The van der Waals surface area contributed by atoms with Gasteiger partial charge in [0.05, 0.1) is 19.8 Å². The van der Waals surface area contributed by atoms with Crippen molar-refractivity contribution in [1.29, 1.82) is 0 Å². The Bertz CT molecular complexity index is 475. The van der Waals surface area contributed by atoms with Gasteiger partial charge < -0.3 is 9.47 Å². The molecule has 0 spiro atoms. The highest BCUT2D eigenvalue weighted by molar-refractivity contribution is 5.36. The Hall–Kier alpha value is -1.99. The number of rotatable bonds is 2. The van der Waals surface area contributed by atoms with Crippen molar-refractivity contribution < 1.29 is 9.47 Å². The van der Waals surface area contributed by atoms with E-state index in [1.165, 1.54) is 0 Å². The Labute approximate surface area is 99.0 Å². The summed E-state index contributed by atoms with van der Waals surface area (Å²) in [6.45, 7) is 1.46. The van der Waals surface area contributed by atoms with Crippen molar-refractivity contribution in [2.75, 3.05) is 19.8 Å². The molecule has 1 heterocycles. The second-order valence-corrected chi connectivity index (χ2v) is 3.39. The molecule has 0 N–H and O–H groups in total. The molecular weight excluding hydrogens is 218 g/mol. The first-order chi connectivity index (χ1) is 8.40. The summed E-state index contributed by atoms with van der Waals surface area (Å²) in [6.07, 6.45) is -0.250. The summed E-state index contributed by atoms with van der Waals surface area (Å²) < 4.78 is 10.8. The molecule has 0 atom stereocenters. The van der Waals surface area contributed by atoms with Crippen LogP contribution in [0.15, 0.2) is 29.4 Å². The normalized spacial score (nSPS) is 14.8. The minimum absolute atomic E-state index is 0.188. The van der Waals surface area contributed by atoms with Crippen LogP contribution in [0.3, 0.4) is 0 Å². The average Bonchev–Trinajstić information content (AvgIpc) is 2.89. The summed E-state index contributed by atoms with van der Waals surface area (Å²) >= 11 is 0. The van der Waals surface area contributed by atoms with Crippen LogP contribution in [-0.4, -0.2) is 19.8 Å². The van der Waals surface area contributed by atoms with E-state index in [-0.39, 0.29) is 12.8 Å². The van der Waals surface area contributed by atoms with Gasteiger partial charge in [-0.2, -0.15) is 0 Å². The van der Waals surface area contributed by atoms with Gasteiger partial charge in [0, 0.05) is 16.0 Å². The molecule has 0 aliphatic carbocycles. The van der Waals surface area contributed by atoms with E-state index in [1.54, 1.807) is 0 Å². The fourth-order valence-corrected chi connectivity index (χ4v) is 1.48. The molecule has 86 valence electrons. The Kier molecular flexibility index (Phi) is 4.00. The number of hydrogen-bond acceptors (Lipinski definition) is 3. The molecule has 17 heavy (non-hydrogen) atoms. The summed E-state index contributed by atoms with van der Waals surface area (Å²) in [6, 6.07) is 7.63. The van der Waals surface area contributed by atoms with E-state index in [0.717, 1.165) is 11.1 Å². The third-order valence-electron chi connectivity index (χ3n) is 2.25. The molecule has 1 aliphatic rings. The van der Waals surface area contributed by atoms with Gasteiger partial charge in [-0.15, -0.1) is 0 Å². The lowest BCUT2D eigenvalue weighted by atomic mass is 10.1. The lowest BCUT2D eigenvalue weighted by Crippen LogP contribution is -1.97. The van der Waals surface area contributed by atoms with E-state index in [4.69, 9.17) is 15.0 Å². The molecule has 0 saturated carbocycles. The molecule has 2 rings (SSSR count). The lowest BCUT2D eigenvalue weighted by Gasteiger charge is -2.08. The summed E-state index contributed by atoms with van der Waals surface area (Å²) in [5, 5.41) is 3.33. The maximum atomic E-state index is 8.08. The molecule has 1 saturated heterocycles. The van der Waals surface area contributed by atoms with Crippen molar-refractivity contribution in [2.24, 2.45) is 5.11 Å². The van der Waals surface area contributed by atoms with Gasteiger partial charge in [0.2, 0.25) is 0 Å². The van der Waals surface area contributed by atoms with Gasteiger partial charge in [-0.05, 0) is 17.7 Å². The van der Waals surface area contributed by atoms with Crippen molar-refractivity contribution in [3.05, 3.63) is 45.8 Å². The van der Waals surface area contributed by atoms with E-state index in [2.05, 4.69) is 21.9 Å². The second kappa shape index (κ2) is 5.92. The standard InChI is InChI=1S/C12H11N3O2/c13-15-14-7-1-2-10-3-5-11(6-4-10)12-16-8-9-17-12/h3-6,12H,7-9H2. The first-order valence-electron chi connectivity index (χ1n) is 5.23. The molecule has 0 radical (unpaired) electrons. The van der Waals surface area contributed by atoms with Crippen LogP contribution in [0.4, 0.5) is 0 Å². The highest BCUT2D eigenvalue weighted by Crippen LogP contribution is 2.22. The van der Waals surface area contributed by atoms with Gasteiger partial charge in [-0.25, -0.2) is 0 Å². The van der Waals surface area contributed by atoms with Crippen LogP contribution in [0.1, 0.15) is 17.4 Å². The lowest BCUT2D eigenvalue weighted by molar-refractivity contribution is -0.0441. The molecule has 5 nitrogen and oxygen atoms in total. The van der Waals surface area contributed by atoms with Crippen LogP contribution in [0.2, 0.25) is 0 Å². The minimum Gasteiger partial charge on any atom is -0.346 e. The Morgan fingerprint density at radius 2 is 2.00 bits per heavy atom. The van der Waals surface area contributed by atoms with Crippen LogP contribution < -0.4 is 0 Å². The molecule has 1 aromatic rings. The fraction of sp³-hybridized carbons (Fsp3) is 0.333. The highest BCUT2D eigenvalue weighted by atomic mass is 16.7. The number of hydrogen-bond donors (Lipinski definition) is 0. The second-order valence-electron chi connectivity index (χ2n) is 3.39. The summed E-state index contributed by atoms with van der Waals surface area (Å²) in [5.74, 6) is 5.66. The Balaban J connectivity index is 2.01. The number of azide groups is 1. The summed E-state index contributed by atoms with van der Waals surface area (Å²) in [5.41, 5.74) is 9.95.